The summed E-state index contributed by atoms with van der Waals surface area (Å²) in [5, 5.41) is 2.56. The van der Waals surface area contributed by atoms with Gasteiger partial charge in [0.2, 0.25) is 0 Å². The minimum absolute atomic E-state index is 0.415. The van der Waals surface area contributed by atoms with Crippen LogP contribution in [0.15, 0.2) is 0 Å². The van der Waals surface area contributed by atoms with E-state index < -0.39 is 0 Å². The van der Waals surface area contributed by atoms with E-state index in [0.29, 0.717) is 12.7 Å². The summed E-state index contributed by atoms with van der Waals surface area (Å²) in [5.74, 6) is 2.30. The van der Waals surface area contributed by atoms with Gasteiger partial charge in [0.1, 0.15) is 0 Å². The molecule has 0 heterocycles. The third kappa shape index (κ3) is 5.25. The summed E-state index contributed by atoms with van der Waals surface area (Å²) < 4.78 is 0. The van der Waals surface area contributed by atoms with Gasteiger partial charge in [-0.3, -0.25) is 0 Å². The van der Waals surface area contributed by atoms with Gasteiger partial charge in [0.15, 0.2) is 0 Å². The fraction of sp³-hybridized carbons (Fsp3) is 0.250. The highest BCUT2D eigenvalue weighted by Gasteiger charge is 1.78. The summed E-state index contributed by atoms with van der Waals surface area (Å²) in [4.78, 5) is 9.49. The van der Waals surface area contributed by atoms with Gasteiger partial charge >= 0.3 is 0 Å². The maximum Gasteiger partial charge on any atom is 0.291 e. The maximum atomic E-state index is 9.49. The average molecular weight is 93.9 g/mol. The molecular formula is C4H5BNO. The van der Waals surface area contributed by atoms with E-state index in [2.05, 4.69) is 11.1 Å². The number of hydrogen-bond acceptors (Lipinski definition) is 2. The zero-order valence-corrected chi connectivity index (χ0v) is 3.85. The zero-order valence-electron chi connectivity index (χ0n) is 3.85. The molecule has 0 spiro atoms. The lowest BCUT2D eigenvalue weighted by atomic mass is 10.00. The Labute approximate surface area is 43.6 Å². The molecule has 0 fully saturated rings. The smallest absolute Gasteiger partial charge is 0.291 e. The molecule has 0 saturated carbocycles. The van der Waals surface area contributed by atoms with E-state index >= 15 is 0 Å². The molecule has 35 valence electrons. The number of carbonyl (C=O) groups excluding carboxylic acids is 1. The Morgan fingerprint density at radius 2 is 2.71 bits per heavy atom. The van der Waals surface area contributed by atoms with E-state index in [1.807, 2.05) is 0 Å². The molecule has 1 N–H and O–H groups in total. The average Bonchev–Trinajstić information content (AvgIpc) is 1.69. The molecule has 2 nitrogen and oxygen atoms in total. The molecule has 0 unspecified atom stereocenters. The molecule has 0 atom stereocenters. The minimum Gasteiger partial charge on any atom is -0.344 e. The topological polar surface area (TPSA) is 29.1 Å². The summed E-state index contributed by atoms with van der Waals surface area (Å²) >= 11 is 0. The van der Waals surface area contributed by atoms with Crippen LogP contribution in [0.5, 0.6) is 0 Å². The number of hydrogen-bond donors (Lipinski definition) is 1. The molecule has 0 aromatic carbocycles. The predicted molar refractivity (Wildman–Crippen MR) is 29.3 cm³/mol. The SMILES string of the molecule is C#CCN[B]C=O. The standard InChI is InChI=1S/C4H5BNO/c1-2-3-6-5-4-7/h1,4,6H,3H2. The second kappa shape index (κ2) is 5.25. The highest BCUT2D eigenvalue weighted by atomic mass is 16.1. The van der Waals surface area contributed by atoms with Crippen LogP contribution >= 0.6 is 0 Å². The van der Waals surface area contributed by atoms with E-state index in [9.17, 15) is 4.79 Å². The molecule has 0 amide bonds. The van der Waals surface area contributed by atoms with Gasteiger partial charge in [-0.15, -0.1) is 6.42 Å². The van der Waals surface area contributed by atoms with E-state index in [-0.39, 0.29) is 0 Å². The maximum absolute atomic E-state index is 9.49. The van der Waals surface area contributed by atoms with Crippen LogP contribution in [0.25, 0.3) is 0 Å². The van der Waals surface area contributed by atoms with Crippen molar-refractivity contribution in [3.8, 4) is 12.3 Å². The Balaban J connectivity index is 2.72. The Morgan fingerprint density at radius 1 is 2.00 bits per heavy atom. The first-order valence-corrected chi connectivity index (χ1v) is 1.85. The number of nitrogens with one attached hydrogen (secondary N) is 1. The van der Waals surface area contributed by atoms with Crippen molar-refractivity contribution in [1.29, 1.82) is 0 Å². The molecule has 0 bridgehead atoms. The van der Waals surface area contributed by atoms with E-state index in [1.165, 1.54) is 7.41 Å². The summed E-state index contributed by atoms with van der Waals surface area (Å²) in [7, 11) is 1.26. The van der Waals surface area contributed by atoms with E-state index in [0.717, 1.165) is 0 Å². The van der Waals surface area contributed by atoms with Crippen LogP contribution in [0.2, 0.25) is 0 Å². The fourth-order valence-corrected chi connectivity index (χ4v) is 0.166. The van der Waals surface area contributed by atoms with Gasteiger partial charge in [-0.05, 0) is 0 Å². The molecule has 0 aliphatic rings. The van der Waals surface area contributed by atoms with Gasteiger partial charge in [-0.25, -0.2) is 0 Å². The Kier molecular flexibility index (Phi) is 4.70. The van der Waals surface area contributed by atoms with Crippen molar-refractivity contribution in [2.24, 2.45) is 0 Å². The number of terminal acetylenes is 1. The van der Waals surface area contributed by atoms with Crippen molar-refractivity contribution in [3.63, 3.8) is 0 Å². The van der Waals surface area contributed by atoms with Crippen molar-refractivity contribution < 1.29 is 4.79 Å². The fourth-order valence-electron chi connectivity index (χ4n) is 0.166. The lowest BCUT2D eigenvalue weighted by Gasteiger charge is -1.83. The summed E-state index contributed by atoms with van der Waals surface area (Å²) in [6, 6.07) is 0. The highest BCUT2D eigenvalue weighted by molar-refractivity contribution is 6.64. The lowest BCUT2D eigenvalue weighted by molar-refractivity contribution is 0.568. The second-order valence-electron chi connectivity index (χ2n) is 0.888. The third-order valence-electron chi connectivity index (χ3n) is 0.390. The van der Waals surface area contributed by atoms with Gasteiger partial charge in [-0.1, -0.05) is 5.92 Å². The first-order chi connectivity index (χ1) is 3.41. The van der Waals surface area contributed by atoms with Crippen LogP contribution in [0.3, 0.4) is 0 Å². The summed E-state index contributed by atoms with van der Waals surface area (Å²) in [6.45, 7) is 0.415. The van der Waals surface area contributed by atoms with E-state index in [1.54, 1.807) is 0 Å². The Morgan fingerprint density at radius 3 is 3.14 bits per heavy atom. The Hall–Kier alpha value is -0.745. The van der Waals surface area contributed by atoms with Crippen molar-refractivity contribution >= 4 is 13.6 Å². The van der Waals surface area contributed by atoms with Crippen LogP contribution in [0.1, 0.15) is 0 Å². The van der Waals surface area contributed by atoms with E-state index in [4.69, 9.17) is 6.42 Å². The van der Waals surface area contributed by atoms with Crippen LogP contribution in [0, 0.1) is 12.3 Å². The molecule has 0 aliphatic heterocycles. The molecule has 0 aliphatic carbocycles. The number of rotatable bonds is 3. The van der Waals surface area contributed by atoms with Gasteiger partial charge in [0, 0.05) is 6.54 Å². The van der Waals surface area contributed by atoms with Gasteiger partial charge in [-0.2, -0.15) is 0 Å². The molecule has 0 aromatic heterocycles. The van der Waals surface area contributed by atoms with Crippen molar-refractivity contribution in [2.75, 3.05) is 6.54 Å². The van der Waals surface area contributed by atoms with Crippen molar-refractivity contribution in [1.82, 2.24) is 5.23 Å². The highest BCUT2D eigenvalue weighted by Crippen LogP contribution is 1.44. The zero-order chi connectivity index (χ0) is 5.54. The molecule has 0 rings (SSSR count). The Bertz CT molecular complexity index is 86.2. The monoisotopic (exact) mass is 94.0 g/mol. The molecule has 3 heteroatoms. The second-order valence-corrected chi connectivity index (χ2v) is 0.888. The van der Waals surface area contributed by atoms with Crippen molar-refractivity contribution in [3.05, 3.63) is 0 Å². The molecule has 1 radical (unpaired) electrons. The van der Waals surface area contributed by atoms with Crippen LogP contribution < -0.4 is 5.23 Å². The normalized spacial score (nSPS) is 6.71. The lowest BCUT2D eigenvalue weighted by Crippen LogP contribution is -2.19. The molecule has 0 saturated heterocycles. The first kappa shape index (κ1) is 6.25. The van der Waals surface area contributed by atoms with Gasteiger partial charge < -0.3 is 10.0 Å². The molecule has 7 heavy (non-hydrogen) atoms. The largest absolute Gasteiger partial charge is 0.344 e. The van der Waals surface area contributed by atoms with Crippen LogP contribution in [-0.2, 0) is 4.79 Å². The summed E-state index contributed by atoms with van der Waals surface area (Å²) in [5.41, 5.74) is 0. The molecule has 0 aromatic rings. The number of carbonyl (C=O) groups is 1. The first-order valence-electron chi connectivity index (χ1n) is 1.85. The van der Waals surface area contributed by atoms with Gasteiger partial charge in [0.25, 0.3) is 7.41 Å². The van der Waals surface area contributed by atoms with Gasteiger partial charge in [0.05, 0.1) is 6.19 Å². The van der Waals surface area contributed by atoms with Crippen LogP contribution in [0.4, 0.5) is 0 Å². The quantitative estimate of drug-likeness (QED) is 0.211. The minimum atomic E-state index is 0.415. The predicted octanol–water partition coefficient (Wildman–Crippen LogP) is -0.981. The molecular weight excluding hydrogens is 88.9 g/mol. The third-order valence-corrected chi connectivity index (χ3v) is 0.390. The van der Waals surface area contributed by atoms with Crippen molar-refractivity contribution in [2.45, 2.75) is 0 Å². The van der Waals surface area contributed by atoms with Crippen LogP contribution in [-0.4, -0.2) is 20.1 Å². The summed E-state index contributed by atoms with van der Waals surface area (Å²) in [6.07, 6.45) is 5.47.